The van der Waals surface area contributed by atoms with Crippen molar-refractivity contribution in [1.29, 1.82) is 0 Å². The van der Waals surface area contributed by atoms with Crippen molar-refractivity contribution in [2.75, 3.05) is 13.1 Å². The van der Waals surface area contributed by atoms with Gasteiger partial charge in [-0.15, -0.1) is 11.3 Å². The summed E-state index contributed by atoms with van der Waals surface area (Å²) < 4.78 is 0. The third-order valence-corrected chi connectivity index (χ3v) is 7.34. The van der Waals surface area contributed by atoms with E-state index in [1.165, 1.54) is 11.3 Å². The fraction of sp³-hybridized carbons (Fsp3) is 0.773. The fourth-order valence-electron chi connectivity index (χ4n) is 4.63. The maximum Gasteiger partial charge on any atom is 0.263 e. The molecular weight excluding hydrogens is 384 g/mol. The second-order valence-corrected chi connectivity index (χ2v) is 11.1. The molecule has 7 heteroatoms. The molecule has 0 spiro atoms. The van der Waals surface area contributed by atoms with Gasteiger partial charge in [0, 0.05) is 30.1 Å². The number of hydrogen-bond donors (Lipinski definition) is 2. The summed E-state index contributed by atoms with van der Waals surface area (Å²) in [4.78, 5) is 32.7. The highest BCUT2D eigenvalue weighted by molar-refractivity contribution is 7.13. The van der Waals surface area contributed by atoms with Gasteiger partial charge in [0.25, 0.3) is 5.91 Å². The number of aryl methyl sites for hydroxylation is 1. The molecule has 2 fully saturated rings. The molecule has 3 rings (SSSR count). The molecule has 0 aliphatic carbocycles. The Bertz CT molecular complexity index is 738. The molecule has 2 aliphatic rings. The van der Waals surface area contributed by atoms with Crippen LogP contribution in [0.3, 0.4) is 0 Å². The minimum absolute atomic E-state index is 0.00577. The molecule has 2 amide bonds. The number of carbonyl (C=O) groups excluding carboxylic acids is 2. The maximum atomic E-state index is 12.7. The van der Waals surface area contributed by atoms with Gasteiger partial charge in [0.2, 0.25) is 5.91 Å². The molecule has 2 bridgehead atoms. The molecule has 2 saturated heterocycles. The largest absolute Gasteiger partial charge is 0.351 e. The minimum Gasteiger partial charge on any atom is -0.351 e. The van der Waals surface area contributed by atoms with Gasteiger partial charge in [0.15, 0.2) is 0 Å². The smallest absolute Gasteiger partial charge is 0.263 e. The Labute approximate surface area is 178 Å². The van der Waals surface area contributed by atoms with E-state index in [1.807, 2.05) is 27.7 Å². The summed E-state index contributed by atoms with van der Waals surface area (Å²) >= 11 is 1.51. The lowest BCUT2D eigenvalue weighted by Gasteiger charge is -2.39. The number of rotatable bonds is 6. The molecule has 162 valence electrons. The summed E-state index contributed by atoms with van der Waals surface area (Å²) in [5, 5.41) is 7.25. The molecule has 2 aliphatic heterocycles. The molecule has 0 saturated carbocycles. The van der Waals surface area contributed by atoms with Crippen LogP contribution in [0, 0.1) is 12.8 Å². The Morgan fingerprint density at radius 1 is 1.21 bits per heavy atom. The molecule has 1 unspecified atom stereocenters. The van der Waals surface area contributed by atoms with Crippen LogP contribution in [0.4, 0.5) is 0 Å². The molecule has 3 atom stereocenters. The topological polar surface area (TPSA) is 74.3 Å². The highest BCUT2D eigenvalue weighted by Gasteiger charge is 2.41. The summed E-state index contributed by atoms with van der Waals surface area (Å²) in [5.41, 5.74) is 0.638. The molecule has 1 aromatic rings. The summed E-state index contributed by atoms with van der Waals surface area (Å²) in [6.07, 6.45) is 4.42. The summed E-state index contributed by atoms with van der Waals surface area (Å²) in [6, 6.07) is 0.915. The van der Waals surface area contributed by atoms with E-state index in [0.29, 0.717) is 37.0 Å². The molecular formula is C22H36N4O2S. The van der Waals surface area contributed by atoms with Crippen LogP contribution in [0.1, 0.15) is 86.6 Å². The Morgan fingerprint density at radius 3 is 2.34 bits per heavy atom. The van der Waals surface area contributed by atoms with Crippen LogP contribution in [0.2, 0.25) is 0 Å². The fourth-order valence-corrected chi connectivity index (χ4v) is 5.61. The molecule has 0 aromatic carbocycles. The van der Waals surface area contributed by atoms with E-state index in [1.54, 1.807) is 0 Å². The number of thiazole rings is 1. The Kier molecular flexibility index (Phi) is 6.68. The van der Waals surface area contributed by atoms with Crippen molar-refractivity contribution < 1.29 is 9.59 Å². The van der Waals surface area contributed by atoms with E-state index in [-0.39, 0.29) is 17.4 Å². The average molecular weight is 421 g/mol. The van der Waals surface area contributed by atoms with Crippen molar-refractivity contribution in [1.82, 2.24) is 20.5 Å². The maximum absolute atomic E-state index is 12.7. The highest BCUT2D eigenvalue weighted by Crippen LogP contribution is 2.38. The average Bonchev–Trinajstić information content (AvgIpc) is 3.08. The zero-order valence-electron chi connectivity index (χ0n) is 18.7. The van der Waals surface area contributed by atoms with E-state index in [0.717, 1.165) is 41.3 Å². The quantitative estimate of drug-likeness (QED) is 0.739. The van der Waals surface area contributed by atoms with E-state index in [4.69, 9.17) is 0 Å². The molecule has 3 heterocycles. The van der Waals surface area contributed by atoms with Crippen molar-refractivity contribution in [2.24, 2.45) is 5.92 Å². The first-order valence-electron chi connectivity index (χ1n) is 10.9. The van der Waals surface area contributed by atoms with Gasteiger partial charge in [-0.3, -0.25) is 14.5 Å². The normalized spacial score (nSPS) is 24.7. The van der Waals surface area contributed by atoms with Gasteiger partial charge in [-0.1, -0.05) is 13.8 Å². The SMILES string of the molecule is Cc1nc(C(C)C)sc1C(=O)NCC1C[C@H]2CC[C@@H](C1)N2CC(=O)NC(C)(C)C. The summed E-state index contributed by atoms with van der Waals surface area (Å²) in [7, 11) is 0. The number of hydrogen-bond acceptors (Lipinski definition) is 5. The zero-order chi connectivity index (χ0) is 21.3. The Balaban J connectivity index is 1.51. The molecule has 2 N–H and O–H groups in total. The third kappa shape index (κ3) is 5.57. The van der Waals surface area contributed by atoms with Crippen molar-refractivity contribution in [2.45, 2.75) is 90.8 Å². The Hall–Kier alpha value is -1.47. The number of fused-ring (bicyclic) bond motifs is 2. The van der Waals surface area contributed by atoms with Crippen LogP contribution in [-0.4, -0.2) is 52.4 Å². The first-order valence-corrected chi connectivity index (χ1v) is 11.7. The second-order valence-electron chi connectivity index (χ2n) is 10.0. The number of nitrogens with one attached hydrogen (secondary N) is 2. The van der Waals surface area contributed by atoms with Gasteiger partial charge in [-0.2, -0.15) is 0 Å². The van der Waals surface area contributed by atoms with Crippen LogP contribution >= 0.6 is 11.3 Å². The lowest BCUT2D eigenvalue weighted by molar-refractivity contribution is -0.125. The first kappa shape index (κ1) is 22.2. The number of carbonyl (C=O) groups is 2. The van der Waals surface area contributed by atoms with Gasteiger partial charge in [0.1, 0.15) is 4.88 Å². The second kappa shape index (κ2) is 8.72. The van der Waals surface area contributed by atoms with E-state index in [2.05, 4.69) is 34.4 Å². The van der Waals surface area contributed by atoms with E-state index >= 15 is 0 Å². The van der Waals surface area contributed by atoms with Gasteiger partial charge >= 0.3 is 0 Å². The number of amides is 2. The van der Waals surface area contributed by atoms with Crippen molar-refractivity contribution in [3.8, 4) is 0 Å². The van der Waals surface area contributed by atoms with Crippen LogP contribution in [0.25, 0.3) is 0 Å². The van der Waals surface area contributed by atoms with Crippen molar-refractivity contribution >= 4 is 23.2 Å². The van der Waals surface area contributed by atoms with Gasteiger partial charge in [0.05, 0.1) is 17.2 Å². The van der Waals surface area contributed by atoms with Crippen LogP contribution in [0.5, 0.6) is 0 Å². The lowest BCUT2D eigenvalue weighted by Crippen LogP contribution is -2.52. The molecule has 6 nitrogen and oxygen atoms in total. The highest BCUT2D eigenvalue weighted by atomic mass is 32.1. The molecule has 1 aromatic heterocycles. The van der Waals surface area contributed by atoms with Crippen molar-refractivity contribution in [3.63, 3.8) is 0 Å². The number of piperidine rings is 1. The van der Waals surface area contributed by atoms with Crippen molar-refractivity contribution in [3.05, 3.63) is 15.6 Å². The predicted molar refractivity (Wildman–Crippen MR) is 117 cm³/mol. The summed E-state index contributed by atoms with van der Waals surface area (Å²) in [6.45, 7) is 13.4. The Morgan fingerprint density at radius 2 is 1.83 bits per heavy atom. The van der Waals surface area contributed by atoms with E-state index < -0.39 is 0 Å². The van der Waals surface area contributed by atoms with E-state index in [9.17, 15) is 9.59 Å². The van der Waals surface area contributed by atoms with Gasteiger partial charge in [-0.05, 0) is 59.3 Å². The van der Waals surface area contributed by atoms with Crippen LogP contribution in [0.15, 0.2) is 0 Å². The monoisotopic (exact) mass is 420 g/mol. The standard InChI is InChI=1S/C22H36N4O2S/c1-13(2)21-24-14(3)19(29-21)20(28)23-11-15-9-16-7-8-17(10-15)26(16)12-18(27)25-22(4,5)6/h13,15-17H,7-12H2,1-6H3,(H,23,28)(H,25,27)/t15?,16-,17+. The first-order chi connectivity index (χ1) is 13.5. The van der Waals surface area contributed by atoms with Gasteiger partial charge < -0.3 is 10.6 Å². The van der Waals surface area contributed by atoms with Crippen LogP contribution < -0.4 is 10.6 Å². The molecule has 0 radical (unpaired) electrons. The molecule has 29 heavy (non-hydrogen) atoms. The number of aromatic nitrogens is 1. The van der Waals surface area contributed by atoms with Crippen LogP contribution in [-0.2, 0) is 4.79 Å². The minimum atomic E-state index is -0.192. The van der Waals surface area contributed by atoms with Gasteiger partial charge in [-0.25, -0.2) is 4.98 Å². The predicted octanol–water partition coefficient (Wildman–Crippen LogP) is 3.46. The lowest BCUT2D eigenvalue weighted by atomic mass is 9.90. The zero-order valence-corrected chi connectivity index (χ0v) is 19.5. The summed E-state index contributed by atoms with van der Waals surface area (Å²) in [5.74, 6) is 0.945. The number of nitrogens with zero attached hydrogens (tertiary/aromatic N) is 2. The third-order valence-electron chi connectivity index (χ3n) is 5.89.